The van der Waals surface area contributed by atoms with E-state index in [2.05, 4.69) is 31.6 Å². The predicted molar refractivity (Wildman–Crippen MR) is 106 cm³/mol. The second-order valence-corrected chi connectivity index (χ2v) is 6.23. The number of halogens is 1. The number of carbonyl (C=O) groups excluding carboxylic acids is 1. The number of ether oxygens (including phenoxy) is 1. The van der Waals surface area contributed by atoms with Gasteiger partial charge in [0.25, 0.3) is 5.91 Å². The number of nitrogens with zero attached hydrogens (tertiary/aromatic N) is 4. The van der Waals surface area contributed by atoms with E-state index in [1.54, 1.807) is 12.1 Å². The first-order valence-corrected chi connectivity index (χ1v) is 9.01. The fraction of sp³-hybridized carbons (Fsp3) is 0.167. The average molecular weight is 415 g/mol. The van der Waals surface area contributed by atoms with E-state index in [9.17, 15) is 9.18 Å². The summed E-state index contributed by atoms with van der Waals surface area (Å²) in [7, 11) is 0. The lowest BCUT2D eigenvalue weighted by Gasteiger charge is -2.11. The highest BCUT2D eigenvalue weighted by molar-refractivity contribution is 7.80. The molecule has 0 fully saturated rings. The number of hydrogen-bond donors (Lipinski definition) is 3. The van der Waals surface area contributed by atoms with Crippen molar-refractivity contribution in [3.63, 3.8) is 0 Å². The summed E-state index contributed by atoms with van der Waals surface area (Å²) in [5.41, 5.74) is 5.85. The summed E-state index contributed by atoms with van der Waals surface area (Å²) < 4.78 is 18.4. The molecule has 1 heterocycles. The molecular formula is C18H18FN7O2S. The van der Waals surface area contributed by atoms with Crippen LogP contribution in [-0.4, -0.2) is 31.2 Å². The van der Waals surface area contributed by atoms with Gasteiger partial charge in [-0.15, -0.1) is 10.2 Å². The van der Waals surface area contributed by atoms with Crippen LogP contribution in [0.5, 0.6) is 5.75 Å². The number of amides is 1. The molecule has 2 aromatic carbocycles. The van der Waals surface area contributed by atoms with E-state index in [0.717, 1.165) is 10.4 Å². The first-order chi connectivity index (χ1) is 14.1. The Bertz CT molecular complexity index is 950. The van der Waals surface area contributed by atoms with Gasteiger partial charge in [-0.3, -0.25) is 15.6 Å². The van der Waals surface area contributed by atoms with E-state index in [1.165, 1.54) is 12.1 Å². The van der Waals surface area contributed by atoms with E-state index < -0.39 is 5.91 Å². The molecule has 0 aliphatic heterocycles. The Morgan fingerprint density at radius 1 is 1.10 bits per heavy atom. The number of benzene rings is 2. The van der Waals surface area contributed by atoms with Gasteiger partial charge < -0.3 is 10.1 Å². The number of para-hydroxylation sites is 1. The summed E-state index contributed by atoms with van der Waals surface area (Å²) in [4.78, 5) is 13.1. The minimum absolute atomic E-state index is 0.140. The van der Waals surface area contributed by atoms with Crippen LogP contribution in [0.3, 0.4) is 0 Å². The van der Waals surface area contributed by atoms with Gasteiger partial charge in [0, 0.05) is 6.54 Å². The molecule has 0 spiro atoms. The molecular weight excluding hydrogens is 397 g/mol. The Kier molecular flexibility index (Phi) is 7.00. The van der Waals surface area contributed by atoms with Crippen LogP contribution >= 0.6 is 12.2 Å². The quantitative estimate of drug-likeness (QED) is 0.389. The highest BCUT2D eigenvalue weighted by atomic mass is 32.1. The third-order valence-electron chi connectivity index (χ3n) is 3.57. The zero-order valence-corrected chi connectivity index (χ0v) is 16.0. The average Bonchev–Trinajstić information content (AvgIpc) is 3.18. The summed E-state index contributed by atoms with van der Waals surface area (Å²) in [5.74, 6) is 0.320. The van der Waals surface area contributed by atoms with Crippen LogP contribution < -0.4 is 20.9 Å². The van der Waals surface area contributed by atoms with Crippen molar-refractivity contribution in [2.24, 2.45) is 0 Å². The molecule has 0 atom stereocenters. The Morgan fingerprint density at radius 3 is 2.62 bits per heavy atom. The van der Waals surface area contributed by atoms with Crippen LogP contribution in [0, 0.1) is 5.82 Å². The molecule has 0 saturated carbocycles. The lowest BCUT2D eigenvalue weighted by molar-refractivity contribution is -0.122. The van der Waals surface area contributed by atoms with Gasteiger partial charge in [0.05, 0.1) is 0 Å². The number of hydrazine groups is 1. The van der Waals surface area contributed by atoms with Gasteiger partial charge in [0.15, 0.2) is 11.7 Å². The van der Waals surface area contributed by atoms with Crippen molar-refractivity contribution in [1.82, 2.24) is 36.4 Å². The molecule has 0 aliphatic rings. The fourth-order valence-corrected chi connectivity index (χ4v) is 2.31. The van der Waals surface area contributed by atoms with Crippen LogP contribution in [0.15, 0.2) is 54.6 Å². The zero-order chi connectivity index (χ0) is 20.5. The van der Waals surface area contributed by atoms with Crippen molar-refractivity contribution in [3.05, 3.63) is 71.8 Å². The van der Waals surface area contributed by atoms with Gasteiger partial charge in [0.1, 0.15) is 18.1 Å². The molecule has 0 radical (unpaired) electrons. The third kappa shape index (κ3) is 6.81. The van der Waals surface area contributed by atoms with Gasteiger partial charge in [-0.25, -0.2) is 4.39 Å². The van der Waals surface area contributed by atoms with Crippen LogP contribution in [0.1, 0.15) is 11.4 Å². The molecule has 29 heavy (non-hydrogen) atoms. The second kappa shape index (κ2) is 10.1. The molecule has 1 aromatic heterocycles. The Morgan fingerprint density at radius 2 is 1.86 bits per heavy atom. The van der Waals surface area contributed by atoms with E-state index in [4.69, 9.17) is 17.0 Å². The predicted octanol–water partition coefficient (Wildman–Crippen LogP) is 1.09. The van der Waals surface area contributed by atoms with Crippen molar-refractivity contribution in [2.75, 3.05) is 0 Å². The molecule has 3 rings (SSSR count). The van der Waals surface area contributed by atoms with Crippen LogP contribution in [-0.2, 0) is 24.5 Å². The largest absolute Gasteiger partial charge is 0.485 e. The lowest BCUT2D eigenvalue weighted by Crippen LogP contribution is -2.47. The number of nitrogens with one attached hydrogen (secondary N) is 3. The molecule has 3 aromatic rings. The topological polar surface area (TPSA) is 106 Å². The van der Waals surface area contributed by atoms with Gasteiger partial charge >= 0.3 is 0 Å². The Balaban J connectivity index is 1.36. The molecule has 0 bridgehead atoms. The van der Waals surface area contributed by atoms with Crippen LogP contribution in [0.2, 0.25) is 0 Å². The summed E-state index contributed by atoms with van der Waals surface area (Å²) >= 11 is 5.07. The maximum Gasteiger partial charge on any atom is 0.262 e. The number of aromatic nitrogens is 4. The number of rotatable bonds is 7. The summed E-state index contributed by atoms with van der Waals surface area (Å²) in [6.45, 7) is 0.380. The number of tetrazole rings is 1. The summed E-state index contributed by atoms with van der Waals surface area (Å²) in [5, 5.41) is 14.8. The Labute approximate surface area is 171 Å². The van der Waals surface area contributed by atoms with E-state index in [1.807, 2.05) is 30.3 Å². The van der Waals surface area contributed by atoms with E-state index in [0.29, 0.717) is 18.1 Å². The van der Waals surface area contributed by atoms with Gasteiger partial charge in [0.2, 0.25) is 5.82 Å². The normalized spacial score (nSPS) is 10.2. The molecule has 0 unspecified atom stereocenters. The Hall–Kier alpha value is -3.60. The summed E-state index contributed by atoms with van der Waals surface area (Å²) in [6.07, 6.45) is 0. The maximum atomic E-state index is 12.9. The van der Waals surface area contributed by atoms with Crippen molar-refractivity contribution in [2.45, 2.75) is 19.7 Å². The van der Waals surface area contributed by atoms with Crippen molar-refractivity contribution in [1.29, 1.82) is 0 Å². The SMILES string of the molecule is O=C(Cn1nnc(COc2ccccc2)n1)NNC(=S)NCc1ccc(F)cc1. The number of thiocarbonyl (C=S) groups is 1. The standard InChI is InChI=1S/C18H18FN7O2S/c19-14-8-6-13(7-9-14)10-20-18(29)23-22-17(27)11-26-24-16(21-25-26)12-28-15-4-2-1-3-5-15/h1-9H,10-12H2,(H,22,27)(H2,20,23,29). The van der Waals surface area contributed by atoms with Crippen molar-refractivity contribution in [3.8, 4) is 5.75 Å². The molecule has 9 nitrogen and oxygen atoms in total. The van der Waals surface area contributed by atoms with Gasteiger partial charge in [-0.1, -0.05) is 30.3 Å². The minimum atomic E-state index is -0.413. The van der Waals surface area contributed by atoms with Gasteiger partial charge in [-0.05, 0) is 47.3 Å². The smallest absolute Gasteiger partial charge is 0.262 e. The molecule has 1 amide bonds. The molecule has 3 N–H and O–H groups in total. The minimum Gasteiger partial charge on any atom is -0.485 e. The first-order valence-electron chi connectivity index (χ1n) is 8.60. The first kappa shape index (κ1) is 20.1. The third-order valence-corrected chi connectivity index (χ3v) is 3.82. The monoisotopic (exact) mass is 415 g/mol. The summed E-state index contributed by atoms with van der Waals surface area (Å²) in [6, 6.07) is 15.2. The number of hydrogen-bond acceptors (Lipinski definition) is 6. The molecule has 0 aliphatic carbocycles. The highest BCUT2D eigenvalue weighted by Crippen LogP contribution is 2.09. The fourth-order valence-electron chi connectivity index (χ4n) is 2.19. The number of carbonyl (C=O) groups is 1. The van der Waals surface area contributed by atoms with Crippen LogP contribution in [0.4, 0.5) is 4.39 Å². The second-order valence-electron chi connectivity index (χ2n) is 5.82. The highest BCUT2D eigenvalue weighted by Gasteiger charge is 2.08. The van der Waals surface area contributed by atoms with E-state index in [-0.39, 0.29) is 24.1 Å². The van der Waals surface area contributed by atoms with Gasteiger partial charge in [-0.2, -0.15) is 4.80 Å². The maximum absolute atomic E-state index is 12.9. The van der Waals surface area contributed by atoms with Crippen LogP contribution in [0.25, 0.3) is 0 Å². The molecule has 150 valence electrons. The zero-order valence-electron chi connectivity index (χ0n) is 15.2. The van der Waals surface area contributed by atoms with E-state index >= 15 is 0 Å². The van der Waals surface area contributed by atoms with Crippen molar-refractivity contribution >= 4 is 23.2 Å². The lowest BCUT2D eigenvalue weighted by atomic mass is 10.2. The van der Waals surface area contributed by atoms with Crippen molar-refractivity contribution < 1.29 is 13.9 Å². The molecule has 0 saturated heterocycles. The molecule has 11 heteroatoms.